The number of nitrogens with two attached hydrogens (primary N) is 1. The Morgan fingerprint density at radius 2 is 1.95 bits per heavy atom. The van der Waals surface area contributed by atoms with Gasteiger partial charge in [0.25, 0.3) is 0 Å². The SMILES string of the molecule is CC(C)n1nccc1CN1C[C@@H](N)[C@H](c2ccccc2)C1. The molecule has 1 aromatic heterocycles. The van der Waals surface area contributed by atoms with Crippen molar-refractivity contribution in [1.82, 2.24) is 14.7 Å². The van der Waals surface area contributed by atoms with E-state index in [1.165, 1.54) is 11.3 Å². The van der Waals surface area contributed by atoms with Gasteiger partial charge >= 0.3 is 0 Å². The van der Waals surface area contributed by atoms with E-state index in [-0.39, 0.29) is 6.04 Å². The zero-order valence-corrected chi connectivity index (χ0v) is 12.8. The lowest BCUT2D eigenvalue weighted by Crippen LogP contribution is -2.29. The highest BCUT2D eigenvalue weighted by Crippen LogP contribution is 2.27. The molecule has 1 saturated heterocycles. The molecule has 1 aliphatic rings. The maximum Gasteiger partial charge on any atom is 0.0527 e. The first kappa shape index (κ1) is 14.3. The summed E-state index contributed by atoms with van der Waals surface area (Å²) in [6, 6.07) is 13.3. The molecule has 2 atom stereocenters. The van der Waals surface area contributed by atoms with Crippen LogP contribution in [0, 0.1) is 0 Å². The number of aromatic nitrogens is 2. The smallest absolute Gasteiger partial charge is 0.0527 e. The van der Waals surface area contributed by atoms with E-state index < -0.39 is 0 Å². The molecule has 0 unspecified atom stereocenters. The van der Waals surface area contributed by atoms with Gasteiger partial charge in [0, 0.05) is 43.8 Å². The Kier molecular flexibility index (Phi) is 4.08. The standard InChI is InChI=1S/C17H24N4/c1-13(2)21-15(8-9-19-21)10-20-11-16(17(18)12-20)14-6-4-3-5-7-14/h3-9,13,16-17H,10-12,18H2,1-2H3/t16-,17+/m0/s1. The van der Waals surface area contributed by atoms with Gasteiger partial charge in [0.05, 0.1) is 5.69 Å². The summed E-state index contributed by atoms with van der Waals surface area (Å²) in [5.41, 5.74) is 8.99. The van der Waals surface area contributed by atoms with E-state index in [9.17, 15) is 0 Å². The first-order chi connectivity index (χ1) is 10.1. The molecule has 4 heteroatoms. The Morgan fingerprint density at radius 1 is 1.19 bits per heavy atom. The molecule has 0 saturated carbocycles. The summed E-state index contributed by atoms with van der Waals surface area (Å²) in [6.45, 7) is 7.23. The largest absolute Gasteiger partial charge is 0.326 e. The zero-order chi connectivity index (χ0) is 14.8. The van der Waals surface area contributed by atoms with Crippen molar-refractivity contribution in [2.75, 3.05) is 13.1 Å². The van der Waals surface area contributed by atoms with Gasteiger partial charge in [-0.3, -0.25) is 9.58 Å². The van der Waals surface area contributed by atoms with Gasteiger partial charge in [-0.05, 0) is 25.5 Å². The van der Waals surface area contributed by atoms with Crippen molar-refractivity contribution in [2.45, 2.75) is 38.4 Å². The molecule has 0 aliphatic carbocycles. The lowest BCUT2D eigenvalue weighted by atomic mass is 9.95. The van der Waals surface area contributed by atoms with Crippen molar-refractivity contribution in [3.63, 3.8) is 0 Å². The van der Waals surface area contributed by atoms with E-state index in [0.29, 0.717) is 12.0 Å². The van der Waals surface area contributed by atoms with Crippen LogP contribution in [0.4, 0.5) is 0 Å². The molecule has 2 heterocycles. The normalized spacial score (nSPS) is 23.0. The Morgan fingerprint density at radius 3 is 2.67 bits per heavy atom. The molecule has 21 heavy (non-hydrogen) atoms. The fraction of sp³-hybridized carbons (Fsp3) is 0.471. The molecule has 0 bridgehead atoms. The third kappa shape index (κ3) is 3.01. The van der Waals surface area contributed by atoms with Crippen LogP contribution in [0.15, 0.2) is 42.6 Å². The van der Waals surface area contributed by atoms with Crippen LogP contribution in [0.3, 0.4) is 0 Å². The maximum absolute atomic E-state index is 6.36. The highest BCUT2D eigenvalue weighted by Gasteiger charge is 2.31. The van der Waals surface area contributed by atoms with Crippen LogP contribution in [0.1, 0.15) is 37.1 Å². The number of hydrogen-bond acceptors (Lipinski definition) is 3. The zero-order valence-electron chi connectivity index (χ0n) is 12.8. The van der Waals surface area contributed by atoms with Crippen LogP contribution in [-0.2, 0) is 6.54 Å². The summed E-state index contributed by atoms with van der Waals surface area (Å²) in [6.07, 6.45) is 1.89. The highest BCUT2D eigenvalue weighted by atomic mass is 15.3. The van der Waals surface area contributed by atoms with E-state index >= 15 is 0 Å². The predicted molar refractivity (Wildman–Crippen MR) is 85.0 cm³/mol. The lowest BCUT2D eigenvalue weighted by Gasteiger charge is -2.18. The quantitative estimate of drug-likeness (QED) is 0.938. The minimum absolute atomic E-state index is 0.211. The first-order valence-corrected chi connectivity index (χ1v) is 7.70. The predicted octanol–water partition coefficient (Wildman–Crippen LogP) is 2.39. The van der Waals surface area contributed by atoms with Crippen LogP contribution in [-0.4, -0.2) is 33.8 Å². The summed E-state index contributed by atoms with van der Waals surface area (Å²) in [5, 5.41) is 4.41. The van der Waals surface area contributed by atoms with Crippen LogP contribution in [0.5, 0.6) is 0 Å². The van der Waals surface area contributed by atoms with Gasteiger partial charge in [-0.2, -0.15) is 5.10 Å². The molecule has 0 radical (unpaired) electrons. The molecule has 4 nitrogen and oxygen atoms in total. The van der Waals surface area contributed by atoms with E-state index in [1.807, 2.05) is 6.20 Å². The summed E-state index contributed by atoms with van der Waals surface area (Å²) in [7, 11) is 0. The van der Waals surface area contributed by atoms with Crippen LogP contribution in [0.2, 0.25) is 0 Å². The van der Waals surface area contributed by atoms with Gasteiger partial charge in [-0.25, -0.2) is 0 Å². The molecule has 0 spiro atoms. The van der Waals surface area contributed by atoms with Crippen LogP contribution in [0.25, 0.3) is 0 Å². The van der Waals surface area contributed by atoms with E-state index in [0.717, 1.165) is 19.6 Å². The molecule has 3 rings (SSSR count). The van der Waals surface area contributed by atoms with Crippen LogP contribution < -0.4 is 5.73 Å². The van der Waals surface area contributed by atoms with Gasteiger partial charge in [0.1, 0.15) is 0 Å². The van der Waals surface area contributed by atoms with Crippen molar-refractivity contribution >= 4 is 0 Å². The first-order valence-electron chi connectivity index (χ1n) is 7.70. The molecule has 112 valence electrons. The van der Waals surface area contributed by atoms with Crippen molar-refractivity contribution < 1.29 is 0 Å². The van der Waals surface area contributed by atoms with Crippen molar-refractivity contribution in [2.24, 2.45) is 5.73 Å². The second-order valence-corrected chi connectivity index (χ2v) is 6.24. The van der Waals surface area contributed by atoms with E-state index in [4.69, 9.17) is 5.73 Å². The van der Waals surface area contributed by atoms with Gasteiger partial charge in [0.15, 0.2) is 0 Å². The molecule has 2 N–H and O–H groups in total. The number of hydrogen-bond donors (Lipinski definition) is 1. The highest BCUT2D eigenvalue weighted by molar-refractivity contribution is 5.23. The second kappa shape index (κ2) is 6.00. The lowest BCUT2D eigenvalue weighted by molar-refractivity contribution is 0.307. The van der Waals surface area contributed by atoms with Gasteiger partial charge < -0.3 is 5.73 Å². The number of nitrogens with zero attached hydrogens (tertiary/aromatic N) is 3. The van der Waals surface area contributed by atoms with E-state index in [1.54, 1.807) is 0 Å². The molecule has 0 amide bonds. The third-order valence-corrected chi connectivity index (χ3v) is 4.30. The van der Waals surface area contributed by atoms with Gasteiger partial charge in [-0.15, -0.1) is 0 Å². The maximum atomic E-state index is 6.36. The average molecular weight is 284 g/mol. The molecular weight excluding hydrogens is 260 g/mol. The molecule has 1 fully saturated rings. The topological polar surface area (TPSA) is 47.1 Å². The number of likely N-dealkylation sites (tertiary alicyclic amines) is 1. The van der Waals surface area contributed by atoms with Crippen molar-refractivity contribution in [1.29, 1.82) is 0 Å². The van der Waals surface area contributed by atoms with Gasteiger partial charge in [0.2, 0.25) is 0 Å². The number of rotatable bonds is 4. The summed E-state index contributed by atoms with van der Waals surface area (Å²) in [5.74, 6) is 0.432. The fourth-order valence-corrected chi connectivity index (χ4v) is 3.26. The van der Waals surface area contributed by atoms with E-state index in [2.05, 4.69) is 64.9 Å². The minimum atomic E-state index is 0.211. The third-order valence-electron chi connectivity index (χ3n) is 4.30. The fourth-order valence-electron chi connectivity index (χ4n) is 3.26. The molecule has 1 aliphatic heterocycles. The summed E-state index contributed by atoms with van der Waals surface area (Å²) in [4.78, 5) is 2.44. The Bertz CT molecular complexity index is 575. The second-order valence-electron chi connectivity index (χ2n) is 6.24. The van der Waals surface area contributed by atoms with Crippen LogP contribution >= 0.6 is 0 Å². The summed E-state index contributed by atoms with van der Waals surface area (Å²) >= 11 is 0. The average Bonchev–Trinajstić information content (AvgIpc) is 3.07. The Labute approximate surface area is 126 Å². The van der Waals surface area contributed by atoms with Crippen molar-refractivity contribution in [3.05, 3.63) is 53.9 Å². The monoisotopic (exact) mass is 284 g/mol. The molecular formula is C17H24N4. The Hall–Kier alpha value is -1.65. The number of benzene rings is 1. The summed E-state index contributed by atoms with van der Waals surface area (Å²) < 4.78 is 2.10. The van der Waals surface area contributed by atoms with Gasteiger partial charge in [-0.1, -0.05) is 30.3 Å². The Balaban J connectivity index is 1.70. The molecule has 2 aromatic rings. The molecule has 1 aromatic carbocycles. The minimum Gasteiger partial charge on any atom is -0.326 e. The van der Waals surface area contributed by atoms with Crippen molar-refractivity contribution in [3.8, 4) is 0 Å².